The van der Waals surface area contributed by atoms with Crippen molar-refractivity contribution in [2.45, 2.75) is 39.0 Å². The van der Waals surface area contributed by atoms with Crippen molar-refractivity contribution in [3.63, 3.8) is 0 Å². The van der Waals surface area contributed by atoms with E-state index in [1.165, 1.54) is 11.8 Å². The van der Waals surface area contributed by atoms with Gasteiger partial charge in [-0.15, -0.1) is 11.8 Å². The van der Waals surface area contributed by atoms with Crippen molar-refractivity contribution in [1.29, 1.82) is 0 Å². The Bertz CT molecular complexity index is 1630. The monoisotopic (exact) mass is 568 g/mol. The third-order valence-corrected chi connectivity index (χ3v) is 8.65. The maximum atomic E-state index is 13.9. The first-order valence-corrected chi connectivity index (χ1v) is 14.7. The molecule has 41 heavy (non-hydrogen) atoms. The van der Waals surface area contributed by atoms with E-state index in [1.54, 1.807) is 4.90 Å². The van der Waals surface area contributed by atoms with Crippen molar-refractivity contribution in [1.82, 2.24) is 15.1 Å². The first-order chi connectivity index (χ1) is 19.8. The van der Waals surface area contributed by atoms with E-state index in [0.29, 0.717) is 17.3 Å². The second-order valence-electron chi connectivity index (χ2n) is 10.6. The number of benzene rings is 3. The number of nitrogens with zero attached hydrogens (tertiary/aromatic N) is 3. The molecule has 9 heteroatoms. The molecule has 0 spiro atoms. The van der Waals surface area contributed by atoms with Crippen molar-refractivity contribution >= 4 is 29.4 Å². The molecular weight excluding hydrogens is 536 g/mol. The molecule has 1 N–H and O–H groups in total. The molecular formula is C32H32N4O4S. The maximum Gasteiger partial charge on any atom is 0.240 e. The molecule has 2 aliphatic heterocycles. The van der Waals surface area contributed by atoms with E-state index < -0.39 is 0 Å². The highest BCUT2D eigenvalue weighted by Crippen LogP contribution is 2.50. The van der Waals surface area contributed by atoms with Crippen LogP contribution < -0.4 is 19.7 Å². The smallest absolute Gasteiger partial charge is 0.240 e. The molecule has 2 amide bonds. The third-order valence-electron chi connectivity index (χ3n) is 7.39. The van der Waals surface area contributed by atoms with Crippen LogP contribution >= 0.6 is 11.8 Å². The van der Waals surface area contributed by atoms with E-state index in [2.05, 4.69) is 25.2 Å². The van der Waals surface area contributed by atoms with Gasteiger partial charge in [-0.05, 0) is 62.6 Å². The van der Waals surface area contributed by atoms with E-state index in [1.807, 2.05) is 79.2 Å². The van der Waals surface area contributed by atoms with E-state index >= 15 is 0 Å². The molecule has 2 aliphatic rings. The third kappa shape index (κ3) is 5.06. The molecule has 1 atom stereocenters. The lowest BCUT2D eigenvalue weighted by atomic mass is 9.99. The van der Waals surface area contributed by atoms with Crippen LogP contribution in [0, 0.1) is 13.8 Å². The number of nitrogens with one attached hydrogen (secondary N) is 1. The van der Waals surface area contributed by atoms with Gasteiger partial charge < -0.3 is 14.8 Å². The van der Waals surface area contributed by atoms with Gasteiger partial charge in [-0.1, -0.05) is 48.5 Å². The first-order valence-electron chi connectivity index (χ1n) is 13.7. The van der Waals surface area contributed by atoms with Gasteiger partial charge in [-0.25, -0.2) is 4.68 Å². The predicted molar refractivity (Wildman–Crippen MR) is 161 cm³/mol. The number of carbonyl (C=O) groups excluding carboxylic acids is 2. The number of hydrogen-bond acceptors (Lipinski definition) is 6. The molecule has 0 saturated carbocycles. The Morgan fingerprint density at radius 2 is 1.83 bits per heavy atom. The fourth-order valence-electron chi connectivity index (χ4n) is 5.31. The first kappa shape index (κ1) is 27.0. The summed E-state index contributed by atoms with van der Waals surface area (Å²) in [5, 5.41) is 7.90. The summed E-state index contributed by atoms with van der Waals surface area (Å²) in [6.07, 6.45) is 0. The van der Waals surface area contributed by atoms with Crippen LogP contribution in [0.1, 0.15) is 41.4 Å². The average molecular weight is 569 g/mol. The second kappa shape index (κ2) is 11.0. The predicted octanol–water partition coefficient (Wildman–Crippen LogP) is 5.58. The Kier molecular flexibility index (Phi) is 7.21. The lowest BCUT2D eigenvalue weighted by Gasteiger charge is -2.24. The van der Waals surface area contributed by atoms with Gasteiger partial charge in [0.15, 0.2) is 11.5 Å². The Morgan fingerprint density at radius 3 is 2.61 bits per heavy atom. The zero-order chi connectivity index (χ0) is 28.7. The zero-order valence-electron chi connectivity index (χ0n) is 23.5. The van der Waals surface area contributed by atoms with Gasteiger partial charge in [0.1, 0.15) is 12.4 Å². The van der Waals surface area contributed by atoms with Crippen molar-refractivity contribution in [2.75, 3.05) is 24.0 Å². The standard InChI is InChI=1S/C32H32N4O4S/c1-19(2)33-27(37)16-35-28(38)17-41-31(23-13-14-25-26(15-23)40-18-39-25)29-30(22-10-6-5-7-11-22)34-36(32(29)35)24-12-8-9-20(3)21(24)4/h5-15,19,31H,16-18H2,1-4H3,(H,33,37)/t31-/m1/s1. The SMILES string of the molecule is Cc1cccc(-n2nc(-c3ccccc3)c3c2N(CC(=O)NC(C)C)C(=O)CS[C@@H]3c2ccc3c(c2)OCO3)c1C. The van der Waals surface area contributed by atoms with E-state index in [-0.39, 0.29) is 42.2 Å². The largest absolute Gasteiger partial charge is 0.454 e. The number of fused-ring (bicyclic) bond motifs is 2. The Balaban J connectivity index is 1.64. The summed E-state index contributed by atoms with van der Waals surface area (Å²) < 4.78 is 13.1. The Labute approximate surface area is 243 Å². The van der Waals surface area contributed by atoms with Gasteiger partial charge in [0.25, 0.3) is 0 Å². The minimum absolute atomic E-state index is 0.0522. The number of rotatable bonds is 6. The number of anilines is 1. The summed E-state index contributed by atoms with van der Waals surface area (Å²) in [5.41, 5.74) is 6.57. The quantitative estimate of drug-likeness (QED) is 0.327. The van der Waals surface area contributed by atoms with Crippen molar-refractivity contribution < 1.29 is 19.1 Å². The summed E-state index contributed by atoms with van der Waals surface area (Å²) in [7, 11) is 0. The van der Waals surface area contributed by atoms with E-state index in [9.17, 15) is 9.59 Å². The summed E-state index contributed by atoms with van der Waals surface area (Å²) in [4.78, 5) is 28.6. The molecule has 0 bridgehead atoms. The van der Waals surface area contributed by atoms with E-state index in [0.717, 1.165) is 39.2 Å². The van der Waals surface area contributed by atoms with Crippen molar-refractivity contribution in [2.24, 2.45) is 0 Å². The van der Waals surface area contributed by atoms with Crippen LogP contribution in [0.3, 0.4) is 0 Å². The molecule has 0 saturated heterocycles. The number of carbonyl (C=O) groups is 2. The maximum absolute atomic E-state index is 13.9. The van der Waals surface area contributed by atoms with Gasteiger partial charge >= 0.3 is 0 Å². The number of amides is 2. The molecule has 8 nitrogen and oxygen atoms in total. The topological polar surface area (TPSA) is 85.7 Å². The molecule has 0 radical (unpaired) electrons. The molecule has 4 aromatic rings. The van der Waals surface area contributed by atoms with Gasteiger partial charge in [0.2, 0.25) is 18.6 Å². The van der Waals surface area contributed by atoms with Crippen LogP contribution in [-0.2, 0) is 9.59 Å². The van der Waals surface area contributed by atoms with Gasteiger partial charge in [-0.3, -0.25) is 14.5 Å². The number of ether oxygens (including phenoxy) is 2. The fourth-order valence-corrected chi connectivity index (χ4v) is 6.50. The highest BCUT2D eigenvalue weighted by molar-refractivity contribution is 8.00. The molecule has 0 aliphatic carbocycles. The van der Waals surface area contributed by atoms with Crippen LogP contribution in [-0.4, -0.2) is 46.7 Å². The lowest BCUT2D eigenvalue weighted by molar-refractivity contribution is -0.123. The Hall–Kier alpha value is -4.24. The fraction of sp³-hybridized carbons (Fsp3) is 0.281. The Morgan fingerprint density at radius 1 is 1.05 bits per heavy atom. The minimum Gasteiger partial charge on any atom is -0.454 e. The molecule has 210 valence electrons. The normalized spacial score (nSPS) is 16.1. The van der Waals surface area contributed by atoms with Crippen LogP contribution in [0.15, 0.2) is 66.7 Å². The number of aryl methyl sites for hydroxylation is 1. The summed E-state index contributed by atoms with van der Waals surface area (Å²) in [6, 6.07) is 21.9. The number of hydrogen-bond donors (Lipinski definition) is 1. The molecule has 1 aromatic heterocycles. The van der Waals surface area contributed by atoms with Crippen LogP contribution in [0.4, 0.5) is 5.82 Å². The van der Waals surface area contributed by atoms with E-state index in [4.69, 9.17) is 14.6 Å². The van der Waals surface area contributed by atoms with Crippen molar-refractivity contribution in [3.05, 3.63) is 89.0 Å². The summed E-state index contributed by atoms with van der Waals surface area (Å²) >= 11 is 1.53. The highest BCUT2D eigenvalue weighted by Gasteiger charge is 2.38. The second-order valence-corrected chi connectivity index (χ2v) is 11.7. The average Bonchev–Trinajstić information content (AvgIpc) is 3.55. The van der Waals surface area contributed by atoms with Gasteiger partial charge in [0.05, 0.1) is 22.4 Å². The lowest BCUT2D eigenvalue weighted by Crippen LogP contribution is -2.44. The minimum atomic E-state index is -0.254. The highest BCUT2D eigenvalue weighted by atomic mass is 32.2. The van der Waals surface area contributed by atoms with Crippen LogP contribution in [0.25, 0.3) is 16.9 Å². The number of aromatic nitrogens is 2. The molecule has 0 unspecified atom stereocenters. The molecule has 3 aromatic carbocycles. The summed E-state index contributed by atoms with van der Waals surface area (Å²) in [6.45, 7) is 8.00. The number of thioether (sulfide) groups is 1. The van der Waals surface area contributed by atoms with Crippen LogP contribution in [0.5, 0.6) is 11.5 Å². The van der Waals surface area contributed by atoms with Gasteiger partial charge in [0, 0.05) is 17.2 Å². The summed E-state index contributed by atoms with van der Waals surface area (Å²) in [5.74, 6) is 1.81. The van der Waals surface area contributed by atoms with Crippen LogP contribution in [0.2, 0.25) is 0 Å². The zero-order valence-corrected chi connectivity index (χ0v) is 24.3. The van der Waals surface area contributed by atoms with Crippen molar-refractivity contribution in [3.8, 4) is 28.4 Å². The molecule has 3 heterocycles. The van der Waals surface area contributed by atoms with Gasteiger partial charge in [-0.2, -0.15) is 5.10 Å². The molecule has 0 fully saturated rings. The molecule has 6 rings (SSSR count).